The highest BCUT2D eigenvalue weighted by Gasteiger charge is 2.30. The van der Waals surface area contributed by atoms with E-state index in [-0.39, 0.29) is 38.6 Å². The lowest BCUT2D eigenvalue weighted by Crippen LogP contribution is -2.36. The summed E-state index contributed by atoms with van der Waals surface area (Å²) in [5.74, 6) is -1.42. The Morgan fingerprint density at radius 1 is 1.03 bits per heavy atom. The first-order valence-corrected chi connectivity index (χ1v) is 11.6. The van der Waals surface area contributed by atoms with E-state index < -0.39 is 28.8 Å². The SMILES string of the molecule is CCCCCCCCOC(=O)Oc1ccc(Cl)cc1C(=O)N(C(=O)O)c1ccc([N+](=O)[O-])cc1Cl. The molecule has 0 spiro atoms. The van der Waals surface area contributed by atoms with Crippen LogP contribution in [0.15, 0.2) is 36.4 Å². The second-order valence-corrected chi connectivity index (χ2v) is 8.27. The lowest BCUT2D eigenvalue weighted by Gasteiger charge is -2.20. The van der Waals surface area contributed by atoms with E-state index in [4.69, 9.17) is 32.7 Å². The number of anilines is 1. The topological polar surface area (TPSA) is 136 Å². The number of nitrogens with zero attached hydrogens (tertiary/aromatic N) is 2. The van der Waals surface area contributed by atoms with E-state index in [0.29, 0.717) is 6.42 Å². The monoisotopic (exact) mass is 526 g/mol. The van der Waals surface area contributed by atoms with Crippen molar-refractivity contribution in [1.82, 2.24) is 0 Å². The Hall–Kier alpha value is -3.37. The van der Waals surface area contributed by atoms with Gasteiger partial charge >= 0.3 is 12.2 Å². The standard InChI is InChI=1S/C23H24Cl2N2O8/c1-2-3-4-5-6-7-12-34-23(31)35-20-11-8-15(24)13-17(20)21(28)26(22(29)30)19-10-9-16(27(32)33)14-18(19)25/h8-11,13-14H,2-7,12H2,1H3,(H,29,30). The Morgan fingerprint density at radius 2 is 1.71 bits per heavy atom. The number of carbonyl (C=O) groups excluding carboxylic acids is 2. The van der Waals surface area contributed by atoms with Crippen molar-refractivity contribution >= 4 is 52.7 Å². The van der Waals surface area contributed by atoms with Crippen LogP contribution in [-0.2, 0) is 4.74 Å². The van der Waals surface area contributed by atoms with Gasteiger partial charge in [0.25, 0.3) is 11.6 Å². The molecule has 0 radical (unpaired) electrons. The molecule has 2 aromatic carbocycles. The number of nitro groups is 1. The van der Waals surface area contributed by atoms with E-state index >= 15 is 0 Å². The van der Waals surface area contributed by atoms with Crippen molar-refractivity contribution in [1.29, 1.82) is 0 Å². The third kappa shape index (κ3) is 8.11. The van der Waals surface area contributed by atoms with Crippen LogP contribution in [0.4, 0.5) is 21.0 Å². The second-order valence-electron chi connectivity index (χ2n) is 7.42. The quantitative estimate of drug-likeness (QED) is 0.107. The lowest BCUT2D eigenvalue weighted by atomic mass is 10.1. The number of carboxylic acid groups (broad SMARTS) is 1. The van der Waals surface area contributed by atoms with E-state index in [0.717, 1.165) is 56.4 Å². The molecule has 1 N–H and O–H groups in total. The van der Waals surface area contributed by atoms with Gasteiger partial charge in [-0.3, -0.25) is 14.9 Å². The minimum Gasteiger partial charge on any atom is -0.464 e. The van der Waals surface area contributed by atoms with Crippen molar-refractivity contribution in [3.8, 4) is 5.75 Å². The maximum absolute atomic E-state index is 13.2. The number of hydrogen-bond acceptors (Lipinski definition) is 7. The number of nitro benzene ring substituents is 1. The Labute approximate surface area is 211 Å². The highest BCUT2D eigenvalue weighted by Crippen LogP contribution is 2.33. The largest absolute Gasteiger partial charge is 0.513 e. The summed E-state index contributed by atoms with van der Waals surface area (Å²) >= 11 is 12.0. The zero-order valence-electron chi connectivity index (χ0n) is 18.9. The van der Waals surface area contributed by atoms with Gasteiger partial charge in [0.2, 0.25) is 0 Å². The maximum Gasteiger partial charge on any atom is 0.513 e. The molecule has 0 aliphatic heterocycles. The van der Waals surface area contributed by atoms with Crippen molar-refractivity contribution in [2.75, 3.05) is 11.5 Å². The Bertz CT molecular complexity index is 1090. The summed E-state index contributed by atoms with van der Waals surface area (Å²) in [4.78, 5) is 47.7. The molecule has 0 fully saturated rings. The van der Waals surface area contributed by atoms with Crippen LogP contribution in [-0.4, -0.2) is 34.8 Å². The molecule has 35 heavy (non-hydrogen) atoms. The molecule has 0 bridgehead atoms. The number of amides is 2. The molecule has 0 aliphatic carbocycles. The zero-order valence-corrected chi connectivity index (χ0v) is 20.4. The number of benzene rings is 2. The number of ether oxygens (including phenoxy) is 2. The number of hydrogen-bond donors (Lipinski definition) is 1. The van der Waals surface area contributed by atoms with E-state index in [2.05, 4.69) is 6.92 Å². The van der Waals surface area contributed by atoms with E-state index in [1.165, 1.54) is 12.1 Å². The molecular weight excluding hydrogens is 503 g/mol. The average Bonchev–Trinajstić information content (AvgIpc) is 2.80. The molecule has 0 atom stereocenters. The molecule has 10 nitrogen and oxygen atoms in total. The number of carbonyl (C=O) groups is 3. The average molecular weight is 527 g/mol. The Kier molecular flexibility index (Phi) is 10.8. The van der Waals surface area contributed by atoms with Gasteiger partial charge in [-0.05, 0) is 30.7 Å². The van der Waals surface area contributed by atoms with E-state index in [1.807, 2.05) is 0 Å². The van der Waals surface area contributed by atoms with Gasteiger partial charge in [0, 0.05) is 17.2 Å². The number of halogens is 2. The summed E-state index contributed by atoms with van der Waals surface area (Å²) in [6, 6.07) is 6.62. The zero-order chi connectivity index (χ0) is 26.0. The van der Waals surface area contributed by atoms with Crippen LogP contribution in [0.5, 0.6) is 5.75 Å². The highest BCUT2D eigenvalue weighted by molar-refractivity contribution is 6.36. The molecule has 0 aromatic heterocycles. The van der Waals surface area contributed by atoms with E-state index in [1.54, 1.807) is 0 Å². The predicted molar refractivity (Wildman–Crippen MR) is 130 cm³/mol. The number of unbranched alkanes of at least 4 members (excludes halogenated alkanes) is 5. The van der Waals surface area contributed by atoms with Gasteiger partial charge in [0.1, 0.15) is 5.75 Å². The van der Waals surface area contributed by atoms with Crippen LogP contribution in [0.2, 0.25) is 10.0 Å². The minimum absolute atomic E-state index is 0.0706. The fraction of sp³-hybridized carbons (Fsp3) is 0.348. The Morgan fingerprint density at radius 3 is 2.34 bits per heavy atom. The first-order valence-electron chi connectivity index (χ1n) is 10.8. The van der Waals surface area contributed by atoms with Crippen LogP contribution in [0.25, 0.3) is 0 Å². The van der Waals surface area contributed by atoms with Gasteiger partial charge in [-0.1, -0.05) is 62.2 Å². The summed E-state index contributed by atoms with van der Waals surface area (Å²) in [5, 5.41) is 20.3. The first kappa shape index (κ1) is 27.9. The number of imide groups is 1. The van der Waals surface area contributed by atoms with Gasteiger partial charge < -0.3 is 14.6 Å². The summed E-state index contributed by atoms with van der Waals surface area (Å²) in [6.45, 7) is 2.24. The summed E-state index contributed by atoms with van der Waals surface area (Å²) in [7, 11) is 0. The molecular formula is C23H24Cl2N2O8. The molecule has 12 heteroatoms. The predicted octanol–water partition coefficient (Wildman–Crippen LogP) is 7.10. The minimum atomic E-state index is -1.72. The van der Waals surface area contributed by atoms with Gasteiger partial charge in [-0.15, -0.1) is 0 Å². The number of rotatable bonds is 11. The summed E-state index contributed by atoms with van der Waals surface area (Å²) in [5.41, 5.74) is -1.08. The van der Waals surface area contributed by atoms with Gasteiger partial charge in [0.05, 0.1) is 27.8 Å². The molecule has 2 rings (SSSR count). The third-order valence-electron chi connectivity index (χ3n) is 4.86. The molecule has 2 amide bonds. The van der Waals surface area contributed by atoms with Crippen LogP contribution in [0.3, 0.4) is 0 Å². The van der Waals surface area contributed by atoms with Crippen LogP contribution >= 0.6 is 23.2 Å². The fourth-order valence-electron chi connectivity index (χ4n) is 3.13. The second kappa shape index (κ2) is 13.5. The third-order valence-corrected chi connectivity index (χ3v) is 5.40. The summed E-state index contributed by atoms with van der Waals surface area (Å²) < 4.78 is 10.2. The van der Waals surface area contributed by atoms with Gasteiger partial charge in [-0.2, -0.15) is 0 Å². The fourth-order valence-corrected chi connectivity index (χ4v) is 3.56. The van der Waals surface area contributed by atoms with Crippen LogP contribution < -0.4 is 9.64 Å². The lowest BCUT2D eigenvalue weighted by molar-refractivity contribution is -0.384. The molecule has 0 heterocycles. The van der Waals surface area contributed by atoms with Crippen LogP contribution in [0, 0.1) is 10.1 Å². The molecule has 0 aliphatic rings. The van der Waals surface area contributed by atoms with Crippen molar-refractivity contribution in [3.63, 3.8) is 0 Å². The van der Waals surface area contributed by atoms with Gasteiger partial charge in [0.15, 0.2) is 0 Å². The smallest absolute Gasteiger partial charge is 0.464 e. The van der Waals surface area contributed by atoms with Crippen LogP contribution in [0.1, 0.15) is 55.8 Å². The van der Waals surface area contributed by atoms with Crippen molar-refractivity contribution in [2.45, 2.75) is 45.4 Å². The van der Waals surface area contributed by atoms with Gasteiger partial charge in [-0.25, -0.2) is 14.5 Å². The van der Waals surface area contributed by atoms with E-state index in [9.17, 15) is 29.6 Å². The molecule has 0 saturated carbocycles. The normalized spacial score (nSPS) is 10.5. The summed E-state index contributed by atoms with van der Waals surface area (Å²) in [6.07, 6.45) is 3.16. The van der Waals surface area contributed by atoms with Crippen molar-refractivity contribution in [3.05, 3.63) is 62.1 Å². The first-order chi connectivity index (χ1) is 16.6. The van der Waals surface area contributed by atoms with Crippen molar-refractivity contribution in [2.24, 2.45) is 0 Å². The molecule has 0 unspecified atom stereocenters. The molecule has 0 saturated heterocycles. The highest BCUT2D eigenvalue weighted by atomic mass is 35.5. The maximum atomic E-state index is 13.2. The molecule has 188 valence electrons. The van der Waals surface area contributed by atoms with Crippen molar-refractivity contribution < 1.29 is 33.9 Å². The Balaban J connectivity index is 2.19. The molecule has 2 aromatic rings. The number of non-ortho nitro benzene ring substituents is 1.